The summed E-state index contributed by atoms with van der Waals surface area (Å²) in [4.78, 5) is 11.8. The van der Waals surface area contributed by atoms with E-state index in [1.807, 2.05) is 30.0 Å². The molecule has 0 saturated heterocycles. The highest BCUT2D eigenvalue weighted by atomic mass is 32.2. The van der Waals surface area contributed by atoms with Crippen molar-refractivity contribution in [3.8, 4) is 0 Å². The van der Waals surface area contributed by atoms with Gasteiger partial charge in [-0.3, -0.25) is 4.79 Å². The third-order valence-corrected chi connectivity index (χ3v) is 5.30. The van der Waals surface area contributed by atoms with Crippen LogP contribution >= 0.6 is 23.5 Å². The van der Waals surface area contributed by atoms with Crippen molar-refractivity contribution in [1.82, 2.24) is 5.32 Å². The van der Waals surface area contributed by atoms with Gasteiger partial charge in [-0.05, 0) is 18.1 Å². The van der Waals surface area contributed by atoms with Crippen LogP contribution in [0.2, 0.25) is 0 Å². The summed E-state index contributed by atoms with van der Waals surface area (Å²) in [6, 6.07) is 18.8. The van der Waals surface area contributed by atoms with E-state index in [0.29, 0.717) is 5.75 Å². The van der Waals surface area contributed by atoms with Crippen molar-refractivity contribution in [2.45, 2.75) is 18.4 Å². The van der Waals surface area contributed by atoms with Gasteiger partial charge in [-0.2, -0.15) is 11.8 Å². The van der Waals surface area contributed by atoms with Gasteiger partial charge in [-0.15, -0.1) is 11.8 Å². The number of hydrogen-bond donors (Lipinski definition) is 1. The lowest BCUT2D eigenvalue weighted by Gasteiger charge is -2.06. The standard InChI is InChI=1S/C19H23NOS2/c1-16-6-5-9-18(12-16)14-22-11-10-20-19(21)15-23-13-17-7-3-2-4-8-17/h2-9,12H,10-11,13-15H2,1H3,(H,20,21). The van der Waals surface area contributed by atoms with E-state index in [2.05, 4.69) is 48.6 Å². The largest absolute Gasteiger partial charge is 0.355 e. The minimum absolute atomic E-state index is 0.127. The van der Waals surface area contributed by atoms with Crippen molar-refractivity contribution in [3.05, 3.63) is 71.3 Å². The number of benzene rings is 2. The Kier molecular flexibility index (Phi) is 8.12. The summed E-state index contributed by atoms with van der Waals surface area (Å²) in [6.07, 6.45) is 0. The van der Waals surface area contributed by atoms with Crippen LogP contribution in [0.1, 0.15) is 16.7 Å². The summed E-state index contributed by atoms with van der Waals surface area (Å²) in [7, 11) is 0. The summed E-state index contributed by atoms with van der Waals surface area (Å²) in [5, 5.41) is 2.99. The maximum atomic E-state index is 11.8. The first-order chi connectivity index (χ1) is 11.2. The summed E-state index contributed by atoms with van der Waals surface area (Å²) in [5.74, 6) is 3.49. The lowest BCUT2D eigenvalue weighted by atomic mass is 10.2. The Hall–Kier alpha value is -1.39. The average Bonchev–Trinajstić information content (AvgIpc) is 2.55. The first-order valence-electron chi connectivity index (χ1n) is 7.76. The van der Waals surface area contributed by atoms with Gasteiger partial charge in [0.15, 0.2) is 0 Å². The van der Waals surface area contributed by atoms with Crippen molar-refractivity contribution in [1.29, 1.82) is 0 Å². The van der Waals surface area contributed by atoms with E-state index in [0.717, 1.165) is 23.8 Å². The van der Waals surface area contributed by atoms with Gasteiger partial charge in [0.2, 0.25) is 5.91 Å². The van der Waals surface area contributed by atoms with Gasteiger partial charge in [-0.1, -0.05) is 60.2 Å². The summed E-state index contributed by atoms with van der Waals surface area (Å²) < 4.78 is 0. The lowest BCUT2D eigenvalue weighted by molar-refractivity contribution is -0.118. The fourth-order valence-electron chi connectivity index (χ4n) is 2.14. The fraction of sp³-hybridized carbons (Fsp3) is 0.316. The van der Waals surface area contributed by atoms with Crippen molar-refractivity contribution in [3.63, 3.8) is 0 Å². The highest BCUT2D eigenvalue weighted by molar-refractivity contribution is 7.99. The number of carbonyl (C=O) groups excluding carboxylic acids is 1. The molecule has 122 valence electrons. The summed E-state index contributed by atoms with van der Waals surface area (Å²) >= 11 is 3.51. The molecular formula is C19H23NOS2. The smallest absolute Gasteiger partial charge is 0.230 e. The number of nitrogens with one attached hydrogen (secondary N) is 1. The molecule has 0 aliphatic rings. The van der Waals surface area contributed by atoms with Crippen LogP contribution in [0, 0.1) is 6.92 Å². The topological polar surface area (TPSA) is 29.1 Å². The SMILES string of the molecule is Cc1cccc(CSCCNC(=O)CSCc2ccccc2)c1. The highest BCUT2D eigenvalue weighted by Crippen LogP contribution is 2.13. The Morgan fingerprint density at radius 1 is 0.957 bits per heavy atom. The fourth-order valence-corrected chi connectivity index (χ4v) is 3.77. The predicted molar refractivity (Wildman–Crippen MR) is 103 cm³/mol. The zero-order valence-corrected chi connectivity index (χ0v) is 15.1. The molecule has 1 N–H and O–H groups in total. The van der Waals surface area contributed by atoms with Crippen LogP contribution in [0.5, 0.6) is 0 Å². The van der Waals surface area contributed by atoms with Gasteiger partial charge in [0.05, 0.1) is 5.75 Å². The van der Waals surface area contributed by atoms with E-state index in [1.54, 1.807) is 11.8 Å². The molecule has 0 unspecified atom stereocenters. The number of aryl methyl sites for hydroxylation is 1. The van der Waals surface area contributed by atoms with Crippen molar-refractivity contribution >= 4 is 29.4 Å². The molecule has 23 heavy (non-hydrogen) atoms. The van der Waals surface area contributed by atoms with Crippen LogP contribution < -0.4 is 5.32 Å². The van der Waals surface area contributed by atoms with Crippen LogP contribution in [0.15, 0.2) is 54.6 Å². The van der Waals surface area contributed by atoms with E-state index in [4.69, 9.17) is 0 Å². The molecule has 0 atom stereocenters. The van der Waals surface area contributed by atoms with Gasteiger partial charge >= 0.3 is 0 Å². The molecular weight excluding hydrogens is 322 g/mol. The maximum absolute atomic E-state index is 11.8. The van der Waals surface area contributed by atoms with Crippen LogP contribution in [0.25, 0.3) is 0 Å². The number of rotatable bonds is 9. The second kappa shape index (κ2) is 10.4. The van der Waals surface area contributed by atoms with Crippen LogP contribution in [-0.2, 0) is 16.3 Å². The molecule has 4 heteroatoms. The molecule has 0 heterocycles. The lowest BCUT2D eigenvalue weighted by Crippen LogP contribution is -2.27. The third kappa shape index (κ3) is 7.62. The molecule has 0 aromatic heterocycles. The van der Waals surface area contributed by atoms with Gasteiger partial charge in [0.1, 0.15) is 0 Å². The summed E-state index contributed by atoms with van der Waals surface area (Å²) in [6.45, 7) is 2.85. The maximum Gasteiger partial charge on any atom is 0.230 e. The quantitative estimate of drug-likeness (QED) is 0.688. The molecule has 0 spiro atoms. The van der Waals surface area contributed by atoms with E-state index >= 15 is 0 Å². The molecule has 0 bridgehead atoms. The Balaban J connectivity index is 1.51. The Morgan fingerprint density at radius 2 is 1.70 bits per heavy atom. The Labute approximate surface area is 147 Å². The molecule has 0 fully saturated rings. The zero-order chi connectivity index (χ0) is 16.3. The van der Waals surface area contributed by atoms with Crippen LogP contribution in [-0.4, -0.2) is 24.0 Å². The van der Waals surface area contributed by atoms with Gasteiger partial charge in [-0.25, -0.2) is 0 Å². The van der Waals surface area contributed by atoms with Gasteiger partial charge in [0, 0.05) is 23.8 Å². The van der Waals surface area contributed by atoms with Crippen molar-refractivity contribution in [2.24, 2.45) is 0 Å². The number of hydrogen-bond acceptors (Lipinski definition) is 3. The number of carbonyl (C=O) groups is 1. The monoisotopic (exact) mass is 345 g/mol. The zero-order valence-electron chi connectivity index (χ0n) is 13.5. The molecule has 0 radical (unpaired) electrons. The molecule has 1 amide bonds. The molecule has 0 saturated carbocycles. The second-order valence-electron chi connectivity index (χ2n) is 5.37. The minimum atomic E-state index is 0.127. The first-order valence-corrected chi connectivity index (χ1v) is 10.1. The van der Waals surface area contributed by atoms with E-state index in [1.165, 1.54) is 16.7 Å². The number of amides is 1. The third-order valence-electron chi connectivity index (χ3n) is 3.26. The molecule has 2 rings (SSSR count). The van der Waals surface area contributed by atoms with E-state index in [9.17, 15) is 4.79 Å². The minimum Gasteiger partial charge on any atom is -0.355 e. The van der Waals surface area contributed by atoms with E-state index < -0.39 is 0 Å². The first kappa shape index (κ1) is 18.0. The van der Waals surface area contributed by atoms with Crippen molar-refractivity contribution < 1.29 is 4.79 Å². The molecule has 2 aromatic carbocycles. The van der Waals surface area contributed by atoms with Crippen molar-refractivity contribution in [2.75, 3.05) is 18.1 Å². The van der Waals surface area contributed by atoms with Gasteiger partial charge in [0.25, 0.3) is 0 Å². The second-order valence-corrected chi connectivity index (χ2v) is 7.46. The summed E-state index contributed by atoms with van der Waals surface area (Å²) in [5.41, 5.74) is 3.91. The molecule has 2 nitrogen and oxygen atoms in total. The highest BCUT2D eigenvalue weighted by Gasteiger charge is 2.01. The normalized spacial score (nSPS) is 10.5. The molecule has 0 aliphatic carbocycles. The molecule has 2 aromatic rings. The Bertz CT molecular complexity index is 601. The van der Waals surface area contributed by atoms with Gasteiger partial charge < -0.3 is 5.32 Å². The number of thioether (sulfide) groups is 2. The molecule has 0 aliphatic heterocycles. The van der Waals surface area contributed by atoms with E-state index in [-0.39, 0.29) is 5.91 Å². The Morgan fingerprint density at radius 3 is 2.48 bits per heavy atom. The predicted octanol–water partition coefficient (Wildman–Crippen LogP) is 4.28. The average molecular weight is 346 g/mol. The van der Waals surface area contributed by atoms with Crippen LogP contribution in [0.4, 0.5) is 0 Å². The van der Waals surface area contributed by atoms with Crippen LogP contribution in [0.3, 0.4) is 0 Å².